The molecular formula is C18H14FN3O. The maximum atomic E-state index is 13.0. The third-order valence-electron chi connectivity index (χ3n) is 3.81. The molecule has 0 unspecified atom stereocenters. The number of pyridine rings is 2. The summed E-state index contributed by atoms with van der Waals surface area (Å²) in [7, 11) is 0. The van der Waals surface area contributed by atoms with Crippen LogP contribution < -0.4 is 10.1 Å². The van der Waals surface area contributed by atoms with Gasteiger partial charge in [-0.05, 0) is 30.3 Å². The number of rotatable bonds is 3. The fourth-order valence-corrected chi connectivity index (χ4v) is 2.72. The van der Waals surface area contributed by atoms with Crippen LogP contribution in [0.2, 0.25) is 0 Å². The van der Waals surface area contributed by atoms with E-state index in [0.29, 0.717) is 12.4 Å². The zero-order chi connectivity index (χ0) is 15.6. The molecule has 3 heterocycles. The molecule has 23 heavy (non-hydrogen) atoms. The summed E-state index contributed by atoms with van der Waals surface area (Å²) in [4.78, 5) is 8.65. The Hall–Kier alpha value is -2.95. The Labute approximate surface area is 133 Å². The summed E-state index contributed by atoms with van der Waals surface area (Å²) in [5, 5.41) is 3.19. The van der Waals surface area contributed by atoms with Gasteiger partial charge in [-0.1, -0.05) is 6.07 Å². The van der Waals surface area contributed by atoms with E-state index in [4.69, 9.17) is 4.74 Å². The lowest BCUT2D eigenvalue weighted by molar-refractivity contribution is 0.357. The van der Waals surface area contributed by atoms with Crippen LogP contribution in [0.4, 0.5) is 15.9 Å². The number of benzene rings is 1. The zero-order valence-corrected chi connectivity index (χ0v) is 12.3. The molecule has 114 valence electrons. The molecule has 1 N–H and O–H groups in total. The third kappa shape index (κ3) is 2.61. The fourth-order valence-electron chi connectivity index (χ4n) is 2.72. The molecule has 4 nitrogen and oxygen atoms in total. The number of hydrogen-bond donors (Lipinski definition) is 1. The predicted octanol–water partition coefficient (Wildman–Crippen LogP) is 3.96. The van der Waals surface area contributed by atoms with Gasteiger partial charge < -0.3 is 10.1 Å². The molecule has 0 radical (unpaired) electrons. The second-order valence-corrected chi connectivity index (χ2v) is 5.30. The Morgan fingerprint density at radius 2 is 1.96 bits per heavy atom. The van der Waals surface area contributed by atoms with Gasteiger partial charge in [0, 0.05) is 47.4 Å². The van der Waals surface area contributed by atoms with Crippen LogP contribution in [-0.2, 0) is 6.42 Å². The fraction of sp³-hybridized carbons (Fsp3) is 0.111. The van der Waals surface area contributed by atoms with Crippen LogP contribution in [0.3, 0.4) is 0 Å². The summed E-state index contributed by atoms with van der Waals surface area (Å²) >= 11 is 0. The summed E-state index contributed by atoms with van der Waals surface area (Å²) in [6, 6.07) is 10.1. The van der Waals surface area contributed by atoms with Gasteiger partial charge in [0.1, 0.15) is 5.82 Å². The van der Waals surface area contributed by atoms with Gasteiger partial charge in [-0.2, -0.15) is 0 Å². The molecule has 1 aliphatic heterocycles. The van der Waals surface area contributed by atoms with Crippen molar-refractivity contribution in [2.24, 2.45) is 0 Å². The van der Waals surface area contributed by atoms with Crippen molar-refractivity contribution in [2.45, 2.75) is 6.42 Å². The van der Waals surface area contributed by atoms with Crippen LogP contribution in [0.25, 0.3) is 11.1 Å². The number of halogens is 1. The maximum absolute atomic E-state index is 13.0. The quantitative estimate of drug-likeness (QED) is 0.795. The topological polar surface area (TPSA) is 47.0 Å². The molecule has 5 heteroatoms. The standard InChI is InChI=1S/C18H14FN3O/c19-13-3-5-14(6-4-13)22-18-17-15(7-9-23-17)16(11-21-18)12-2-1-8-20-10-12/h1-6,8,10-11H,7,9H2,(H,21,22). The monoisotopic (exact) mass is 307 g/mol. The Balaban J connectivity index is 1.73. The molecule has 1 aliphatic rings. The second kappa shape index (κ2) is 5.68. The lowest BCUT2D eigenvalue weighted by Gasteiger charge is -2.12. The van der Waals surface area contributed by atoms with Gasteiger partial charge in [0.05, 0.1) is 6.61 Å². The van der Waals surface area contributed by atoms with Gasteiger partial charge >= 0.3 is 0 Å². The minimum atomic E-state index is -0.267. The number of fused-ring (bicyclic) bond motifs is 1. The van der Waals surface area contributed by atoms with Crippen LogP contribution in [-0.4, -0.2) is 16.6 Å². The summed E-state index contributed by atoms with van der Waals surface area (Å²) in [6.07, 6.45) is 6.23. The lowest BCUT2D eigenvalue weighted by atomic mass is 10.0. The molecule has 4 rings (SSSR count). The minimum absolute atomic E-state index is 0.267. The van der Waals surface area contributed by atoms with E-state index in [1.807, 2.05) is 24.5 Å². The second-order valence-electron chi connectivity index (χ2n) is 5.30. The molecule has 0 bridgehead atoms. The number of anilines is 2. The molecule has 0 aliphatic carbocycles. The van der Waals surface area contributed by atoms with Crippen LogP contribution in [0.5, 0.6) is 5.75 Å². The SMILES string of the molecule is Fc1ccc(Nc2ncc(-c3cccnc3)c3c2OCC3)cc1. The van der Waals surface area contributed by atoms with Crippen molar-refractivity contribution in [3.63, 3.8) is 0 Å². The average molecular weight is 307 g/mol. The largest absolute Gasteiger partial charge is 0.489 e. The minimum Gasteiger partial charge on any atom is -0.489 e. The first-order valence-corrected chi connectivity index (χ1v) is 7.39. The van der Waals surface area contributed by atoms with E-state index in [9.17, 15) is 4.39 Å². The maximum Gasteiger partial charge on any atom is 0.173 e. The van der Waals surface area contributed by atoms with Gasteiger partial charge in [-0.15, -0.1) is 0 Å². The molecule has 0 saturated carbocycles. The third-order valence-corrected chi connectivity index (χ3v) is 3.81. The zero-order valence-electron chi connectivity index (χ0n) is 12.3. The molecule has 1 aromatic carbocycles. The molecule has 0 fully saturated rings. The van der Waals surface area contributed by atoms with E-state index in [1.54, 1.807) is 18.3 Å². The van der Waals surface area contributed by atoms with Crippen molar-refractivity contribution in [1.29, 1.82) is 0 Å². The molecule has 0 atom stereocenters. The van der Waals surface area contributed by atoms with Crippen molar-refractivity contribution >= 4 is 11.5 Å². The predicted molar refractivity (Wildman–Crippen MR) is 86.3 cm³/mol. The van der Waals surface area contributed by atoms with Crippen LogP contribution >= 0.6 is 0 Å². The molecular weight excluding hydrogens is 293 g/mol. The molecule has 0 amide bonds. The Kier molecular flexibility index (Phi) is 3.38. The Morgan fingerprint density at radius 1 is 1.09 bits per heavy atom. The van der Waals surface area contributed by atoms with E-state index < -0.39 is 0 Å². The van der Waals surface area contributed by atoms with Gasteiger partial charge in [-0.3, -0.25) is 4.98 Å². The normalized spacial score (nSPS) is 12.6. The van der Waals surface area contributed by atoms with E-state index in [0.717, 1.165) is 34.5 Å². The molecule has 2 aromatic heterocycles. The highest BCUT2D eigenvalue weighted by Gasteiger charge is 2.22. The first kappa shape index (κ1) is 13.7. The van der Waals surface area contributed by atoms with Gasteiger partial charge in [0.15, 0.2) is 11.6 Å². The Morgan fingerprint density at radius 3 is 2.74 bits per heavy atom. The Bertz CT molecular complexity index is 835. The summed E-state index contributed by atoms with van der Waals surface area (Å²) in [6.45, 7) is 0.631. The van der Waals surface area contributed by atoms with Crippen molar-refractivity contribution in [3.05, 3.63) is 66.4 Å². The molecule has 0 saturated heterocycles. The first-order chi connectivity index (χ1) is 11.3. The van der Waals surface area contributed by atoms with E-state index in [2.05, 4.69) is 15.3 Å². The van der Waals surface area contributed by atoms with E-state index in [1.165, 1.54) is 12.1 Å². The first-order valence-electron chi connectivity index (χ1n) is 7.39. The molecule has 0 spiro atoms. The highest BCUT2D eigenvalue weighted by molar-refractivity contribution is 5.75. The molecule has 3 aromatic rings. The van der Waals surface area contributed by atoms with Crippen LogP contribution in [0.1, 0.15) is 5.56 Å². The number of aromatic nitrogens is 2. The van der Waals surface area contributed by atoms with Crippen molar-refractivity contribution < 1.29 is 9.13 Å². The van der Waals surface area contributed by atoms with E-state index >= 15 is 0 Å². The van der Waals surface area contributed by atoms with Crippen LogP contribution in [0, 0.1) is 5.82 Å². The highest BCUT2D eigenvalue weighted by Crippen LogP contribution is 2.39. The van der Waals surface area contributed by atoms with Gasteiger partial charge in [0.2, 0.25) is 0 Å². The van der Waals surface area contributed by atoms with Crippen molar-refractivity contribution in [3.8, 4) is 16.9 Å². The number of nitrogens with zero attached hydrogens (tertiary/aromatic N) is 2. The van der Waals surface area contributed by atoms with Gasteiger partial charge in [0.25, 0.3) is 0 Å². The summed E-state index contributed by atoms with van der Waals surface area (Å²) < 4.78 is 18.8. The van der Waals surface area contributed by atoms with E-state index in [-0.39, 0.29) is 5.82 Å². The van der Waals surface area contributed by atoms with Crippen LogP contribution in [0.15, 0.2) is 55.0 Å². The summed E-state index contributed by atoms with van der Waals surface area (Å²) in [5.41, 5.74) is 3.95. The summed E-state index contributed by atoms with van der Waals surface area (Å²) in [5.74, 6) is 1.14. The average Bonchev–Trinajstić information content (AvgIpc) is 3.08. The van der Waals surface area contributed by atoms with Gasteiger partial charge in [-0.25, -0.2) is 9.37 Å². The highest BCUT2D eigenvalue weighted by atomic mass is 19.1. The van der Waals surface area contributed by atoms with Crippen molar-refractivity contribution in [2.75, 3.05) is 11.9 Å². The number of ether oxygens (including phenoxy) is 1. The lowest BCUT2D eigenvalue weighted by Crippen LogP contribution is -1.98. The van der Waals surface area contributed by atoms with Crippen molar-refractivity contribution in [1.82, 2.24) is 9.97 Å². The number of nitrogens with one attached hydrogen (secondary N) is 1. The number of hydrogen-bond acceptors (Lipinski definition) is 4. The smallest absolute Gasteiger partial charge is 0.173 e.